The van der Waals surface area contributed by atoms with Crippen LogP contribution < -0.4 is 5.32 Å². The highest BCUT2D eigenvalue weighted by atomic mass is 35.5. The minimum Gasteiger partial charge on any atom is -0.452 e. The maximum atomic E-state index is 12.0. The van der Waals surface area contributed by atoms with Crippen molar-refractivity contribution in [1.29, 1.82) is 0 Å². The Morgan fingerprint density at radius 3 is 2.85 bits per heavy atom. The standard InChI is InChI=1S/C14H9ClN2O3/c15-13-11(4-5-19-13)14(18)17-10-3-1-2-9(6-10)12-7-16-8-20-12/h1-8H,(H,17,18). The third-order valence-corrected chi connectivity index (χ3v) is 2.99. The molecule has 0 saturated carbocycles. The summed E-state index contributed by atoms with van der Waals surface area (Å²) >= 11 is 5.76. The predicted molar refractivity (Wildman–Crippen MR) is 73.6 cm³/mol. The van der Waals surface area contributed by atoms with Crippen LogP contribution in [-0.4, -0.2) is 10.9 Å². The molecule has 1 amide bonds. The Morgan fingerprint density at radius 1 is 1.25 bits per heavy atom. The lowest BCUT2D eigenvalue weighted by Gasteiger charge is -2.05. The van der Waals surface area contributed by atoms with Crippen LogP contribution in [0.15, 0.2) is 58.0 Å². The van der Waals surface area contributed by atoms with Crippen LogP contribution in [-0.2, 0) is 0 Å². The number of rotatable bonds is 3. The first-order valence-electron chi connectivity index (χ1n) is 5.77. The van der Waals surface area contributed by atoms with Gasteiger partial charge < -0.3 is 14.2 Å². The van der Waals surface area contributed by atoms with Crippen LogP contribution in [0.3, 0.4) is 0 Å². The molecule has 6 heteroatoms. The second-order valence-corrected chi connectivity index (χ2v) is 4.35. The number of hydrogen-bond acceptors (Lipinski definition) is 4. The maximum Gasteiger partial charge on any atom is 0.260 e. The number of nitrogens with zero attached hydrogens (tertiary/aromatic N) is 1. The average Bonchev–Trinajstić information content (AvgIpc) is 3.09. The number of nitrogens with one attached hydrogen (secondary N) is 1. The Hall–Kier alpha value is -2.53. The van der Waals surface area contributed by atoms with Gasteiger partial charge in [-0.25, -0.2) is 4.98 Å². The number of furan rings is 1. The summed E-state index contributed by atoms with van der Waals surface area (Å²) in [4.78, 5) is 15.9. The Labute approximate surface area is 119 Å². The lowest BCUT2D eigenvalue weighted by atomic mass is 10.1. The second-order valence-electron chi connectivity index (χ2n) is 4.01. The van der Waals surface area contributed by atoms with Gasteiger partial charge in [0.25, 0.3) is 5.91 Å². The van der Waals surface area contributed by atoms with E-state index in [0.29, 0.717) is 11.4 Å². The zero-order valence-corrected chi connectivity index (χ0v) is 10.9. The largest absolute Gasteiger partial charge is 0.452 e. The van der Waals surface area contributed by atoms with E-state index in [0.717, 1.165) is 5.56 Å². The van der Waals surface area contributed by atoms with E-state index in [-0.39, 0.29) is 16.7 Å². The predicted octanol–water partition coefficient (Wildman–Crippen LogP) is 3.84. The zero-order chi connectivity index (χ0) is 13.9. The number of hydrogen-bond donors (Lipinski definition) is 1. The van der Waals surface area contributed by atoms with Crippen molar-refractivity contribution in [2.45, 2.75) is 0 Å². The molecule has 0 fully saturated rings. The fraction of sp³-hybridized carbons (Fsp3) is 0. The van der Waals surface area contributed by atoms with Crippen molar-refractivity contribution >= 4 is 23.2 Å². The maximum absolute atomic E-state index is 12.0. The van der Waals surface area contributed by atoms with Gasteiger partial charge in [-0.2, -0.15) is 0 Å². The Balaban J connectivity index is 1.83. The van der Waals surface area contributed by atoms with E-state index in [9.17, 15) is 4.79 Å². The first-order chi connectivity index (χ1) is 9.74. The van der Waals surface area contributed by atoms with Crippen LogP contribution in [0.5, 0.6) is 0 Å². The van der Waals surface area contributed by atoms with Gasteiger partial charge in [-0.3, -0.25) is 4.79 Å². The average molecular weight is 289 g/mol. The summed E-state index contributed by atoms with van der Waals surface area (Å²) in [6, 6.07) is 8.74. The van der Waals surface area contributed by atoms with Gasteiger partial charge in [0.05, 0.1) is 18.0 Å². The summed E-state index contributed by atoms with van der Waals surface area (Å²) < 4.78 is 10.1. The van der Waals surface area contributed by atoms with Crippen molar-refractivity contribution in [1.82, 2.24) is 4.98 Å². The van der Waals surface area contributed by atoms with E-state index >= 15 is 0 Å². The van der Waals surface area contributed by atoms with Crippen molar-refractivity contribution in [3.05, 3.63) is 60.0 Å². The Morgan fingerprint density at radius 2 is 2.15 bits per heavy atom. The molecule has 0 aliphatic carbocycles. The fourth-order valence-corrected chi connectivity index (χ4v) is 1.96. The van der Waals surface area contributed by atoms with E-state index in [2.05, 4.69) is 10.3 Å². The molecule has 2 aromatic heterocycles. The lowest BCUT2D eigenvalue weighted by molar-refractivity contribution is 0.102. The SMILES string of the molecule is O=C(Nc1cccc(-c2cnco2)c1)c1ccoc1Cl. The number of benzene rings is 1. The van der Waals surface area contributed by atoms with Crippen LogP contribution in [0.4, 0.5) is 5.69 Å². The second kappa shape index (κ2) is 5.22. The highest BCUT2D eigenvalue weighted by Gasteiger charge is 2.13. The highest BCUT2D eigenvalue weighted by molar-refractivity contribution is 6.32. The molecular weight excluding hydrogens is 280 g/mol. The number of carbonyl (C=O) groups excluding carboxylic acids is 1. The molecule has 0 atom stereocenters. The molecule has 0 saturated heterocycles. The zero-order valence-electron chi connectivity index (χ0n) is 10.2. The molecule has 0 bridgehead atoms. The van der Waals surface area contributed by atoms with Gasteiger partial charge in [0.2, 0.25) is 5.22 Å². The van der Waals surface area contributed by atoms with Gasteiger partial charge in [-0.05, 0) is 29.8 Å². The van der Waals surface area contributed by atoms with Gasteiger partial charge in [0, 0.05) is 11.3 Å². The molecule has 0 aliphatic heterocycles. The molecule has 0 spiro atoms. The molecule has 3 aromatic rings. The minimum absolute atomic E-state index is 0.0638. The smallest absolute Gasteiger partial charge is 0.260 e. The molecular formula is C14H9ClN2O3. The summed E-state index contributed by atoms with van der Waals surface area (Å²) in [5, 5.41) is 2.81. The van der Waals surface area contributed by atoms with E-state index in [1.165, 1.54) is 18.7 Å². The molecule has 20 heavy (non-hydrogen) atoms. The van der Waals surface area contributed by atoms with Crippen molar-refractivity contribution in [2.75, 3.05) is 5.32 Å². The first-order valence-corrected chi connectivity index (χ1v) is 6.15. The van der Waals surface area contributed by atoms with Gasteiger partial charge in [-0.1, -0.05) is 12.1 Å². The number of amides is 1. The molecule has 1 aromatic carbocycles. The van der Waals surface area contributed by atoms with Crippen LogP contribution in [0.1, 0.15) is 10.4 Å². The first kappa shape index (κ1) is 12.5. The molecule has 5 nitrogen and oxygen atoms in total. The number of anilines is 1. The van der Waals surface area contributed by atoms with Gasteiger partial charge in [0.15, 0.2) is 12.2 Å². The summed E-state index contributed by atoms with van der Waals surface area (Å²) in [7, 11) is 0. The third-order valence-electron chi connectivity index (χ3n) is 2.70. The number of aromatic nitrogens is 1. The number of carbonyl (C=O) groups is 1. The molecule has 2 heterocycles. The molecule has 3 rings (SSSR count). The van der Waals surface area contributed by atoms with Crippen LogP contribution in [0, 0.1) is 0 Å². The molecule has 0 unspecified atom stereocenters. The summed E-state index contributed by atoms with van der Waals surface area (Å²) in [6.07, 6.45) is 4.32. The van der Waals surface area contributed by atoms with Crippen LogP contribution >= 0.6 is 11.6 Å². The third kappa shape index (κ3) is 2.44. The number of halogens is 1. The molecule has 0 aliphatic rings. The van der Waals surface area contributed by atoms with E-state index in [1.807, 2.05) is 12.1 Å². The Bertz CT molecular complexity index is 734. The quantitative estimate of drug-likeness (QED) is 0.795. The summed E-state index contributed by atoms with van der Waals surface area (Å²) in [5.41, 5.74) is 1.73. The topological polar surface area (TPSA) is 68.3 Å². The monoisotopic (exact) mass is 288 g/mol. The minimum atomic E-state index is -0.335. The number of oxazole rings is 1. The summed E-state index contributed by atoms with van der Waals surface area (Å²) in [6.45, 7) is 0. The Kier molecular flexibility index (Phi) is 3.26. The summed E-state index contributed by atoms with van der Waals surface area (Å²) in [5.74, 6) is 0.293. The fourth-order valence-electron chi connectivity index (χ4n) is 1.76. The molecule has 100 valence electrons. The van der Waals surface area contributed by atoms with Gasteiger partial charge in [-0.15, -0.1) is 0 Å². The molecule has 1 N–H and O–H groups in total. The van der Waals surface area contributed by atoms with Crippen molar-refractivity contribution < 1.29 is 13.6 Å². The van der Waals surface area contributed by atoms with Crippen molar-refractivity contribution in [3.63, 3.8) is 0 Å². The van der Waals surface area contributed by atoms with E-state index < -0.39 is 0 Å². The van der Waals surface area contributed by atoms with Crippen molar-refractivity contribution in [3.8, 4) is 11.3 Å². The normalized spacial score (nSPS) is 10.4. The van der Waals surface area contributed by atoms with E-state index in [1.54, 1.807) is 18.3 Å². The van der Waals surface area contributed by atoms with Crippen molar-refractivity contribution in [2.24, 2.45) is 0 Å². The lowest BCUT2D eigenvalue weighted by Crippen LogP contribution is -2.11. The van der Waals surface area contributed by atoms with Crippen LogP contribution in [0.2, 0.25) is 5.22 Å². The van der Waals surface area contributed by atoms with E-state index in [4.69, 9.17) is 20.4 Å². The molecule has 0 radical (unpaired) electrons. The van der Waals surface area contributed by atoms with Gasteiger partial charge in [0.1, 0.15) is 0 Å². The van der Waals surface area contributed by atoms with Crippen LogP contribution in [0.25, 0.3) is 11.3 Å². The van der Waals surface area contributed by atoms with Gasteiger partial charge >= 0.3 is 0 Å². The highest BCUT2D eigenvalue weighted by Crippen LogP contribution is 2.23.